The first-order valence-electron chi connectivity index (χ1n) is 4.27. The van der Waals surface area contributed by atoms with Gasteiger partial charge in [0, 0.05) is 12.7 Å². The summed E-state index contributed by atoms with van der Waals surface area (Å²) < 4.78 is 10.1. The van der Waals surface area contributed by atoms with Gasteiger partial charge in [0.1, 0.15) is 5.75 Å². The highest BCUT2D eigenvalue weighted by Crippen LogP contribution is 2.31. The SMILES string of the molecule is COC[C@@H](N)c1cccc(Cl)c1OC. The van der Waals surface area contributed by atoms with Gasteiger partial charge < -0.3 is 15.2 Å². The summed E-state index contributed by atoms with van der Waals surface area (Å²) in [6.07, 6.45) is 0. The number of nitrogens with two attached hydrogens (primary N) is 1. The highest BCUT2D eigenvalue weighted by Gasteiger charge is 2.13. The van der Waals surface area contributed by atoms with E-state index in [2.05, 4.69) is 0 Å². The summed E-state index contributed by atoms with van der Waals surface area (Å²) in [5, 5.41) is 0.566. The van der Waals surface area contributed by atoms with E-state index in [4.69, 9.17) is 26.8 Å². The molecule has 0 bridgehead atoms. The Morgan fingerprint density at radius 2 is 2.14 bits per heavy atom. The molecule has 0 spiro atoms. The van der Waals surface area contributed by atoms with Crippen LogP contribution in [0.2, 0.25) is 5.02 Å². The fourth-order valence-corrected chi connectivity index (χ4v) is 1.56. The van der Waals surface area contributed by atoms with E-state index in [1.54, 1.807) is 20.3 Å². The lowest BCUT2D eigenvalue weighted by molar-refractivity contribution is 0.179. The van der Waals surface area contributed by atoms with E-state index in [0.717, 1.165) is 5.56 Å². The van der Waals surface area contributed by atoms with Crippen LogP contribution in [-0.2, 0) is 4.74 Å². The highest BCUT2D eigenvalue weighted by molar-refractivity contribution is 6.32. The van der Waals surface area contributed by atoms with Gasteiger partial charge in [0.25, 0.3) is 0 Å². The van der Waals surface area contributed by atoms with Gasteiger partial charge >= 0.3 is 0 Å². The molecule has 0 saturated heterocycles. The van der Waals surface area contributed by atoms with E-state index in [-0.39, 0.29) is 6.04 Å². The van der Waals surface area contributed by atoms with Gasteiger partial charge in [-0.15, -0.1) is 0 Å². The van der Waals surface area contributed by atoms with Crippen molar-refractivity contribution in [3.8, 4) is 5.75 Å². The number of hydrogen-bond acceptors (Lipinski definition) is 3. The molecule has 78 valence electrons. The number of para-hydroxylation sites is 1. The average molecular weight is 216 g/mol. The molecule has 0 aromatic heterocycles. The molecule has 2 N–H and O–H groups in total. The first kappa shape index (κ1) is 11.3. The van der Waals surface area contributed by atoms with Gasteiger partial charge in [-0.25, -0.2) is 0 Å². The molecule has 0 unspecified atom stereocenters. The Labute approximate surface area is 88.8 Å². The Morgan fingerprint density at radius 3 is 2.71 bits per heavy atom. The molecule has 4 heteroatoms. The zero-order valence-corrected chi connectivity index (χ0v) is 9.04. The van der Waals surface area contributed by atoms with Crippen LogP contribution in [0, 0.1) is 0 Å². The summed E-state index contributed by atoms with van der Waals surface area (Å²) in [7, 11) is 3.18. The number of hydrogen-bond donors (Lipinski definition) is 1. The smallest absolute Gasteiger partial charge is 0.142 e. The zero-order chi connectivity index (χ0) is 10.6. The molecular weight excluding hydrogens is 202 g/mol. The first-order chi connectivity index (χ1) is 6.70. The predicted octanol–water partition coefficient (Wildman–Crippen LogP) is 1.99. The van der Waals surface area contributed by atoms with Crippen molar-refractivity contribution in [3.05, 3.63) is 28.8 Å². The molecule has 0 heterocycles. The number of benzene rings is 1. The second-order valence-corrected chi connectivity index (χ2v) is 3.33. The summed E-state index contributed by atoms with van der Waals surface area (Å²) in [6.45, 7) is 0.441. The van der Waals surface area contributed by atoms with Crippen LogP contribution >= 0.6 is 11.6 Å². The summed E-state index contributed by atoms with van der Waals surface area (Å²) in [5.41, 5.74) is 6.75. The maximum absolute atomic E-state index is 5.95. The van der Waals surface area contributed by atoms with Crippen molar-refractivity contribution < 1.29 is 9.47 Å². The van der Waals surface area contributed by atoms with E-state index in [1.807, 2.05) is 12.1 Å². The fourth-order valence-electron chi connectivity index (χ4n) is 1.30. The van der Waals surface area contributed by atoms with Gasteiger partial charge in [-0.05, 0) is 6.07 Å². The molecule has 14 heavy (non-hydrogen) atoms. The summed E-state index contributed by atoms with van der Waals surface area (Å²) in [4.78, 5) is 0. The van der Waals surface area contributed by atoms with Crippen LogP contribution in [0.4, 0.5) is 0 Å². The molecule has 3 nitrogen and oxygen atoms in total. The molecule has 0 aliphatic heterocycles. The van der Waals surface area contributed by atoms with E-state index >= 15 is 0 Å². The molecule has 1 atom stereocenters. The van der Waals surface area contributed by atoms with E-state index < -0.39 is 0 Å². The van der Waals surface area contributed by atoms with Crippen LogP contribution in [0.3, 0.4) is 0 Å². The van der Waals surface area contributed by atoms with Gasteiger partial charge in [-0.1, -0.05) is 23.7 Å². The summed E-state index contributed by atoms with van der Waals surface area (Å²) >= 11 is 5.95. The second kappa shape index (κ2) is 5.20. The number of rotatable bonds is 4. The van der Waals surface area contributed by atoms with Crippen molar-refractivity contribution in [1.82, 2.24) is 0 Å². The maximum atomic E-state index is 5.95. The lowest BCUT2D eigenvalue weighted by atomic mass is 10.1. The zero-order valence-electron chi connectivity index (χ0n) is 8.29. The predicted molar refractivity (Wildman–Crippen MR) is 56.8 cm³/mol. The second-order valence-electron chi connectivity index (χ2n) is 2.92. The van der Waals surface area contributed by atoms with E-state index in [0.29, 0.717) is 17.4 Å². The van der Waals surface area contributed by atoms with Crippen LogP contribution in [0.5, 0.6) is 5.75 Å². The normalized spacial score (nSPS) is 12.6. The maximum Gasteiger partial charge on any atom is 0.142 e. The van der Waals surface area contributed by atoms with Crippen LogP contribution in [-0.4, -0.2) is 20.8 Å². The Kier molecular flexibility index (Phi) is 4.20. The van der Waals surface area contributed by atoms with Gasteiger partial charge in [-0.3, -0.25) is 0 Å². The molecular formula is C10H14ClNO2. The number of halogens is 1. The van der Waals surface area contributed by atoms with Crippen molar-refractivity contribution in [3.63, 3.8) is 0 Å². The topological polar surface area (TPSA) is 44.5 Å². The van der Waals surface area contributed by atoms with Gasteiger partial charge in [0.15, 0.2) is 0 Å². The largest absolute Gasteiger partial charge is 0.495 e. The van der Waals surface area contributed by atoms with Gasteiger partial charge in [0.05, 0.1) is 24.8 Å². The third-order valence-electron chi connectivity index (χ3n) is 1.95. The molecule has 1 rings (SSSR count). The van der Waals surface area contributed by atoms with Crippen LogP contribution < -0.4 is 10.5 Å². The molecule has 0 amide bonds. The third kappa shape index (κ3) is 2.38. The van der Waals surface area contributed by atoms with Gasteiger partial charge in [-0.2, -0.15) is 0 Å². The minimum Gasteiger partial charge on any atom is -0.495 e. The molecule has 0 saturated carbocycles. The van der Waals surface area contributed by atoms with Crippen molar-refractivity contribution in [2.45, 2.75) is 6.04 Å². The van der Waals surface area contributed by atoms with Crippen LogP contribution in [0.25, 0.3) is 0 Å². The van der Waals surface area contributed by atoms with E-state index in [1.165, 1.54) is 0 Å². The quantitative estimate of drug-likeness (QED) is 0.836. The number of ether oxygens (including phenoxy) is 2. The Bertz CT molecular complexity index is 304. The Balaban J connectivity index is 3.00. The molecule has 1 aromatic rings. The Morgan fingerprint density at radius 1 is 1.43 bits per heavy atom. The molecule has 1 aromatic carbocycles. The molecule has 0 aliphatic carbocycles. The van der Waals surface area contributed by atoms with Crippen molar-refractivity contribution in [2.24, 2.45) is 5.73 Å². The standard InChI is InChI=1S/C10H14ClNO2/c1-13-6-9(12)7-4-3-5-8(11)10(7)14-2/h3-5,9H,6,12H2,1-2H3/t9-/m1/s1. The number of methoxy groups -OCH3 is 2. The summed E-state index contributed by atoms with van der Waals surface area (Å²) in [6, 6.07) is 5.28. The molecule has 0 fully saturated rings. The fraction of sp³-hybridized carbons (Fsp3) is 0.400. The van der Waals surface area contributed by atoms with Crippen molar-refractivity contribution in [1.29, 1.82) is 0 Å². The Hall–Kier alpha value is -0.770. The minimum absolute atomic E-state index is 0.214. The van der Waals surface area contributed by atoms with E-state index in [9.17, 15) is 0 Å². The average Bonchev–Trinajstić information content (AvgIpc) is 2.17. The molecule has 0 radical (unpaired) electrons. The first-order valence-corrected chi connectivity index (χ1v) is 4.65. The minimum atomic E-state index is -0.214. The van der Waals surface area contributed by atoms with Crippen LogP contribution in [0.15, 0.2) is 18.2 Å². The lowest BCUT2D eigenvalue weighted by Gasteiger charge is -2.15. The van der Waals surface area contributed by atoms with Crippen LogP contribution in [0.1, 0.15) is 11.6 Å². The van der Waals surface area contributed by atoms with Crippen molar-refractivity contribution >= 4 is 11.6 Å². The molecule has 0 aliphatic rings. The third-order valence-corrected chi connectivity index (χ3v) is 2.24. The lowest BCUT2D eigenvalue weighted by Crippen LogP contribution is -2.17. The summed E-state index contributed by atoms with van der Waals surface area (Å²) in [5.74, 6) is 0.624. The monoisotopic (exact) mass is 215 g/mol. The van der Waals surface area contributed by atoms with Gasteiger partial charge in [0.2, 0.25) is 0 Å². The van der Waals surface area contributed by atoms with Crippen molar-refractivity contribution in [2.75, 3.05) is 20.8 Å². The highest BCUT2D eigenvalue weighted by atomic mass is 35.5.